The van der Waals surface area contributed by atoms with Crippen LogP contribution in [0.1, 0.15) is 23.1 Å². The summed E-state index contributed by atoms with van der Waals surface area (Å²) in [5, 5.41) is 14.2. The number of anilines is 1. The lowest BCUT2D eigenvalue weighted by Gasteiger charge is -2.32. The molecular weight excluding hydrogens is 264 g/mol. The van der Waals surface area contributed by atoms with E-state index >= 15 is 0 Å². The molecule has 1 aliphatic heterocycles. The SMILES string of the molecule is Cc1cc(NC(=O)N2CCNC(=O)C2C)c(C(=O)O)[nH]1. The standard InChI is InChI=1S/C12H16N4O4/c1-6-5-8(9(14-6)11(18)19)15-12(20)16-4-3-13-10(17)7(16)2/h5,7,14H,3-4H2,1-2H3,(H,13,17)(H,15,20)(H,18,19). The molecule has 0 bridgehead atoms. The fraction of sp³-hybridized carbons (Fsp3) is 0.417. The number of amides is 3. The summed E-state index contributed by atoms with van der Waals surface area (Å²) in [6.45, 7) is 4.08. The summed E-state index contributed by atoms with van der Waals surface area (Å²) >= 11 is 0. The largest absolute Gasteiger partial charge is 0.477 e. The fourth-order valence-corrected chi connectivity index (χ4v) is 2.10. The molecule has 0 aliphatic carbocycles. The summed E-state index contributed by atoms with van der Waals surface area (Å²) in [6.07, 6.45) is 0. The Kier molecular flexibility index (Phi) is 3.64. The molecule has 20 heavy (non-hydrogen) atoms. The van der Waals surface area contributed by atoms with Crippen molar-refractivity contribution in [2.45, 2.75) is 19.9 Å². The third-order valence-electron chi connectivity index (χ3n) is 3.17. The van der Waals surface area contributed by atoms with Gasteiger partial charge in [-0.25, -0.2) is 9.59 Å². The Morgan fingerprint density at radius 1 is 1.50 bits per heavy atom. The average Bonchev–Trinajstić information content (AvgIpc) is 2.73. The van der Waals surface area contributed by atoms with Gasteiger partial charge in [0.05, 0.1) is 5.69 Å². The normalized spacial score (nSPS) is 18.6. The van der Waals surface area contributed by atoms with Gasteiger partial charge in [0, 0.05) is 18.8 Å². The maximum Gasteiger partial charge on any atom is 0.354 e. The van der Waals surface area contributed by atoms with E-state index in [-0.39, 0.29) is 17.3 Å². The number of hydrogen-bond acceptors (Lipinski definition) is 3. The first-order valence-electron chi connectivity index (χ1n) is 6.18. The van der Waals surface area contributed by atoms with E-state index in [9.17, 15) is 14.4 Å². The number of H-pyrrole nitrogens is 1. The quantitative estimate of drug-likeness (QED) is 0.626. The van der Waals surface area contributed by atoms with E-state index < -0.39 is 18.0 Å². The van der Waals surface area contributed by atoms with Crippen molar-refractivity contribution in [1.82, 2.24) is 15.2 Å². The molecule has 1 aromatic heterocycles. The predicted octanol–water partition coefficient (Wildman–Crippen LogP) is 0.374. The molecule has 1 aromatic rings. The monoisotopic (exact) mass is 280 g/mol. The Bertz CT molecular complexity index is 566. The van der Waals surface area contributed by atoms with Gasteiger partial charge in [0.2, 0.25) is 5.91 Å². The summed E-state index contributed by atoms with van der Waals surface area (Å²) in [5.74, 6) is -1.38. The third-order valence-corrected chi connectivity index (χ3v) is 3.17. The Morgan fingerprint density at radius 2 is 2.20 bits per heavy atom. The zero-order valence-electron chi connectivity index (χ0n) is 11.2. The van der Waals surface area contributed by atoms with Crippen LogP contribution in [-0.2, 0) is 4.79 Å². The molecule has 4 N–H and O–H groups in total. The number of carbonyl (C=O) groups excluding carboxylic acids is 2. The lowest BCUT2D eigenvalue weighted by Crippen LogP contribution is -2.56. The predicted molar refractivity (Wildman–Crippen MR) is 70.7 cm³/mol. The number of nitrogens with one attached hydrogen (secondary N) is 3. The van der Waals surface area contributed by atoms with E-state index in [1.165, 1.54) is 11.0 Å². The average molecular weight is 280 g/mol. The number of hydrogen-bond donors (Lipinski definition) is 4. The highest BCUT2D eigenvalue weighted by atomic mass is 16.4. The van der Waals surface area contributed by atoms with E-state index in [2.05, 4.69) is 15.6 Å². The van der Waals surface area contributed by atoms with E-state index in [0.29, 0.717) is 18.8 Å². The molecule has 1 saturated heterocycles. The molecule has 1 fully saturated rings. The van der Waals surface area contributed by atoms with Crippen LogP contribution >= 0.6 is 0 Å². The van der Waals surface area contributed by atoms with Gasteiger partial charge in [0.15, 0.2) is 0 Å². The molecule has 8 nitrogen and oxygen atoms in total. The van der Waals surface area contributed by atoms with Crippen LogP contribution in [0.25, 0.3) is 0 Å². The van der Waals surface area contributed by atoms with Crippen molar-refractivity contribution in [3.63, 3.8) is 0 Å². The highest BCUT2D eigenvalue weighted by Crippen LogP contribution is 2.18. The zero-order chi connectivity index (χ0) is 14.9. The van der Waals surface area contributed by atoms with Crippen molar-refractivity contribution in [3.05, 3.63) is 17.5 Å². The Balaban J connectivity index is 2.15. The molecule has 1 aliphatic rings. The Hall–Kier alpha value is -2.51. The summed E-state index contributed by atoms with van der Waals surface area (Å²) < 4.78 is 0. The van der Waals surface area contributed by atoms with Crippen LogP contribution < -0.4 is 10.6 Å². The number of aromatic nitrogens is 1. The van der Waals surface area contributed by atoms with Gasteiger partial charge in [0.25, 0.3) is 0 Å². The van der Waals surface area contributed by atoms with Crippen LogP contribution in [0.2, 0.25) is 0 Å². The molecule has 2 rings (SSSR count). The number of piperazine rings is 1. The zero-order valence-corrected chi connectivity index (χ0v) is 11.2. The molecule has 108 valence electrons. The van der Waals surface area contributed by atoms with Crippen molar-refractivity contribution in [1.29, 1.82) is 0 Å². The van der Waals surface area contributed by atoms with Crippen molar-refractivity contribution in [3.8, 4) is 0 Å². The number of urea groups is 1. The molecule has 1 unspecified atom stereocenters. The molecule has 0 radical (unpaired) electrons. The second-order valence-electron chi connectivity index (χ2n) is 4.64. The van der Waals surface area contributed by atoms with E-state index in [4.69, 9.17) is 5.11 Å². The van der Waals surface area contributed by atoms with E-state index in [1.54, 1.807) is 13.8 Å². The number of carboxylic acid groups (broad SMARTS) is 1. The van der Waals surface area contributed by atoms with Gasteiger partial charge < -0.3 is 25.6 Å². The highest BCUT2D eigenvalue weighted by molar-refractivity contribution is 6.00. The van der Waals surface area contributed by atoms with Crippen LogP contribution in [0.4, 0.5) is 10.5 Å². The lowest BCUT2D eigenvalue weighted by atomic mass is 10.2. The summed E-state index contributed by atoms with van der Waals surface area (Å²) in [4.78, 5) is 38.7. The minimum Gasteiger partial charge on any atom is -0.477 e. The first-order chi connectivity index (χ1) is 9.40. The van der Waals surface area contributed by atoms with Crippen molar-refractivity contribution in [2.75, 3.05) is 18.4 Å². The number of carbonyl (C=O) groups is 3. The van der Waals surface area contributed by atoms with Gasteiger partial charge in [-0.2, -0.15) is 0 Å². The number of aromatic amines is 1. The number of rotatable bonds is 2. The Morgan fingerprint density at radius 3 is 2.85 bits per heavy atom. The molecule has 0 saturated carbocycles. The summed E-state index contributed by atoms with van der Waals surface area (Å²) in [5.41, 5.74) is 0.741. The molecule has 3 amide bonds. The molecule has 0 aromatic carbocycles. The van der Waals surface area contributed by atoms with E-state index in [1.807, 2.05) is 0 Å². The lowest BCUT2D eigenvalue weighted by molar-refractivity contribution is -0.126. The van der Waals surface area contributed by atoms with Crippen LogP contribution in [0.3, 0.4) is 0 Å². The maximum atomic E-state index is 12.1. The topological polar surface area (TPSA) is 115 Å². The van der Waals surface area contributed by atoms with Crippen LogP contribution in [0.5, 0.6) is 0 Å². The maximum absolute atomic E-state index is 12.1. The van der Waals surface area contributed by atoms with Gasteiger partial charge in [-0.3, -0.25) is 4.79 Å². The van der Waals surface area contributed by atoms with Crippen LogP contribution in [0.15, 0.2) is 6.07 Å². The first-order valence-corrected chi connectivity index (χ1v) is 6.18. The third kappa shape index (κ3) is 2.58. The Labute approximate surface area is 115 Å². The fourth-order valence-electron chi connectivity index (χ4n) is 2.10. The van der Waals surface area contributed by atoms with Crippen molar-refractivity contribution < 1.29 is 19.5 Å². The molecule has 1 atom stereocenters. The highest BCUT2D eigenvalue weighted by Gasteiger charge is 2.30. The second-order valence-corrected chi connectivity index (χ2v) is 4.64. The van der Waals surface area contributed by atoms with Crippen LogP contribution in [0, 0.1) is 6.92 Å². The second kappa shape index (κ2) is 5.24. The number of nitrogens with zero attached hydrogens (tertiary/aromatic N) is 1. The molecular formula is C12H16N4O4. The van der Waals surface area contributed by atoms with Gasteiger partial charge in [0.1, 0.15) is 11.7 Å². The minimum absolute atomic E-state index is 0.0787. The van der Waals surface area contributed by atoms with E-state index in [0.717, 1.165) is 0 Å². The van der Waals surface area contributed by atoms with Gasteiger partial charge in [-0.05, 0) is 19.9 Å². The van der Waals surface area contributed by atoms with Gasteiger partial charge in [-0.15, -0.1) is 0 Å². The summed E-state index contributed by atoms with van der Waals surface area (Å²) in [6, 6.07) is 0.460. The molecule has 8 heteroatoms. The summed E-state index contributed by atoms with van der Waals surface area (Å²) in [7, 11) is 0. The van der Waals surface area contributed by atoms with Gasteiger partial charge in [-0.1, -0.05) is 0 Å². The number of aryl methyl sites for hydroxylation is 1. The number of carboxylic acids is 1. The van der Waals surface area contributed by atoms with Gasteiger partial charge >= 0.3 is 12.0 Å². The first kappa shape index (κ1) is 13.9. The molecule has 2 heterocycles. The van der Waals surface area contributed by atoms with Crippen molar-refractivity contribution in [2.24, 2.45) is 0 Å². The van der Waals surface area contributed by atoms with Crippen molar-refractivity contribution >= 4 is 23.6 Å². The smallest absolute Gasteiger partial charge is 0.354 e. The minimum atomic E-state index is -1.15. The number of aromatic carboxylic acids is 1. The van der Waals surface area contributed by atoms with Crippen LogP contribution in [-0.4, -0.2) is 52.0 Å². The molecule has 0 spiro atoms.